The normalized spacial score (nSPS) is 10.8. The van der Waals surface area contributed by atoms with E-state index in [-0.39, 0.29) is 18.1 Å². The fourth-order valence-corrected chi connectivity index (χ4v) is 2.76. The number of hydrogen-bond acceptors (Lipinski definition) is 7. The highest BCUT2D eigenvalue weighted by Crippen LogP contribution is 2.26. The molecule has 7 nitrogen and oxygen atoms in total. The van der Waals surface area contributed by atoms with Crippen LogP contribution in [0.1, 0.15) is 22.0 Å². The van der Waals surface area contributed by atoms with Crippen LogP contribution in [0.25, 0.3) is 22.6 Å². The summed E-state index contributed by atoms with van der Waals surface area (Å²) in [4.78, 5) is 16.8. The van der Waals surface area contributed by atoms with Crippen LogP contribution < -0.4 is 0 Å². The Kier molecular flexibility index (Phi) is 4.90. The molecule has 2 aromatic heterocycles. The van der Waals surface area contributed by atoms with Crippen molar-refractivity contribution in [3.05, 3.63) is 76.8 Å². The second-order valence-electron chi connectivity index (χ2n) is 5.92. The van der Waals surface area contributed by atoms with E-state index in [0.717, 1.165) is 11.1 Å². The third-order valence-corrected chi connectivity index (χ3v) is 4.26. The van der Waals surface area contributed by atoms with Gasteiger partial charge in [-0.25, -0.2) is 4.79 Å². The average molecular weight is 396 g/mol. The van der Waals surface area contributed by atoms with Crippen LogP contribution in [-0.4, -0.2) is 21.3 Å². The molecule has 0 saturated heterocycles. The molecule has 0 aliphatic heterocycles. The summed E-state index contributed by atoms with van der Waals surface area (Å²) in [5, 5.41) is 8.47. The van der Waals surface area contributed by atoms with Crippen LogP contribution >= 0.6 is 11.6 Å². The molecule has 0 radical (unpaired) electrons. The lowest BCUT2D eigenvalue weighted by Gasteiger charge is -2.03. The predicted molar refractivity (Wildman–Crippen MR) is 101 cm³/mol. The second kappa shape index (κ2) is 7.66. The van der Waals surface area contributed by atoms with Gasteiger partial charge in [0.1, 0.15) is 17.0 Å². The summed E-state index contributed by atoms with van der Waals surface area (Å²) < 4.78 is 15.7. The molecule has 0 aliphatic rings. The Bertz CT molecular complexity index is 1100. The molecule has 2 heterocycles. The van der Waals surface area contributed by atoms with E-state index in [4.69, 9.17) is 25.4 Å². The molecule has 140 valence electrons. The van der Waals surface area contributed by atoms with Gasteiger partial charge in [0.25, 0.3) is 5.89 Å². The maximum atomic E-state index is 12.6. The summed E-state index contributed by atoms with van der Waals surface area (Å²) in [7, 11) is 0. The molecule has 0 aliphatic carbocycles. The minimum Gasteiger partial charge on any atom is -0.452 e. The molecule has 28 heavy (non-hydrogen) atoms. The number of nitrogens with zero attached hydrogens (tertiary/aromatic N) is 3. The van der Waals surface area contributed by atoms with Gasteiger partial charge in [0.15, 0.2) is 6.61 Å². The predicted octanol–water partition coefficient (Wildman–Crippen LogP) is 4.71. The van der Waals surface area contributed by atoms with Gasteiger partial charge in [-0.05, 0) is 31.2 Å². The largest absolute Gasteiger partial charge is 0.452 e. The lowest BCUT2D eigenvalue weighted by Crippen LogP contribution is -2.07. The molecule has 0 bridgehead atoms. The quantitative estimate of drug-likeness (QED) is 0.452. The molecule has 4 aromatic rings. The highest BCUT2D eigenvalue weighted by Gasteiger charge is 2.23. The zero-order valence-corrected chi connectivity index (χ0v) is 15.5. The summed E-state index contributed by atoms with van der Waals surface area (Å²) in [6.45, 7) is 1.49. The molecule has 0 spiro atoms. The summed E-state index contributed by atoms with van der Waals surface area (Å²) in [6.07, 6.45) is 0. The van der Waals surface area contributed by atoms with E-state index in [0.29, 0.717) is 22.3 Å². The van der Waals surface area contributed by atoms with Crippen molar-refractivity contribution in [2.24, 2.45) is 0 Å². The third kappa shape index (κ3) is 3.65. The Balaban J connectivity index is 1.49. The van der Waals surface area contributed by atoms with E-state index < -0.39 is 5.97 Å². The lowest BCUT2D eigenvalue weighted by atomic mass is 10.1. The van der Waals surface area contributed by atoms with E-state index in [1.807, 2.05) is 30.3 Å². The molecule has 0 unspecified atom stereocenters. The number of benzene rings is 2. The first kappa shape index (κ1) is 17.9. The van der Waals surface area contributed by atoms with Gasteiger partial charge in [0, 0.05) is 16.1 Å². The zero-order chi connectivity index (χ0) is 19.5. The third-order valence-electron chi connectivity index (χ3n) is 4.01. The number of ether oxygens (including phenoxy) is 1. The Labute approximate surface area is 164 Å². The standard InChI is InChI=1S/C20H14ClN3O4/c1-12-17(18(23-27-12)13-5-3-2-4-6-13)20(25)26-11-16-22-19(24-28-16)14-7-9-15(21)10-8-14/h2-10H,11H2,1H3. The Morgan fingerprint density at radius 3 is 2.50 bits per heavy atom. The maximum Gasteiger partial charge on any atom is 0.344 e. The van der Waals surface area contributed by atoms with E-state index in [1.54, 1.807) is 31.2 Å². The number of halogens is 1. The number of aromatic nitrogens is 3. The second-order valence-corrected chi connectivity index (χ2v) is 6.36. The number of rotatable bonds is 5. The molecule has 0 N–H and O–H groups in total. The average Bonchev–Trinajstić information content (AvgIpc) is 3.34. The first-order chi connectivity index (χ1) is 13.6. The minimum absolute atomic E-state index is 0.168. The number of aryl methyl sites for hydroxylation is 1. The van der Waals surface area contributed by atoms with E-state index in [1.165, 1.54) is 0 Å². The van der Waals surface area contributed by atoms with E-state index in [2.05, 4.69) is 15.3 Å². The highest BCUT2D eigenvalue weighted by molar-refractivity contribution is 6.30. The summed E-state index contributed by atoms with van der Waals surface area (Å²) in [5.74, 6) is 0.350. The summed E-state index contributed by atoms with van der Waals surface area (Å²) >= 11 is 5.87. The Hall–Kier alpha value is -3.45. The molecule has 0 amide bonds. The zero-order valence-electron chi connectivity index (χ0n) is 14.8. The first-order valence-electron chi connectivity index (χ1n) is 8.39. The fraction of sp³-hybridized carbons (Fsp3) is 0.100. The molecular weight excluding hydrogens is 382 g/mol. The van der Waals surface area contributed by atoms with Crippen LogP contribution in [0.5, 0.6) is 0 Å². The van der Waals surface area contributed by atoms with Crippen LogP contribution in [0.4, 0.5) is 0 Å². The minimum atomic E-state index is -0.580. The van der Waals surface area contributed by atoms with Gasteiger partial charge in [0.2, 0.25) is 5.82 Å². The van der Waals surface area contributed by atoms with Crippen molar-refractivity contribution < 1.29 is 18.6 Å². The number of hydrogen-bond donors (Lipinski definition) is 0. The number of carbonyl (C=O) groups excluding carboxylic acids is 1. The summed E-state index contributed by atoms with van der Waals surface area (Å²) in [6, 6.07) is 16.3. The molecular formula is C20H14ClN3O4. The van der Waals surface area contributed by atoms with Crippen LogP contribution in [0.2, 0.25) is 5.02 Å². The van der Waals surface area contributed by atoms with Gasteiger partial charge in [-0.1, -0.05) is 52.2 Å². The van der Waals surface area contributed by atoms with Crippen molar-refractivity contribution >= 4 is 17.6 Å². The monoisotopic (exact) mass is 395 g/mol. The maximum absolute atomic E-state index is 12.6. The number of carbonyl (C=O) groups is 1. The smallest absolute Gasteiger partial charge is 0.344 e. The Morgan fingerprint density at radius 2 is 1.75 bits per heavy atom. The van der Waals surface area contributed by atoms with Crippen LogP contribution in [0, 0.1) is 6.92 Å². The summed E-state index contributed by atoms with van der Waals surface area (Å²) in [5.41, 5.74) is 2.19. The number of esters is 1. The van der Waals surface area contributed by atoms with Gasteiger partial charge < -0.3 is 13.8 Å². The molecule has 0 atom stereocenters. The van der Waals surface area contributed by atoms with Crippen LogP contribution in [0.3, 0.4) is 0 Å². The van der Waals surface area contributed by atoms with Crippen LogP contribution in [-0.2, 0) is 11.3 Å². The van der Waals surface area contributed by atoms with Gasteiger partial charge in [-0.2, -0.15) is 4.98 Å². The van der Waals surface area contributed by atoms with E-state index >= 15 is 0 Å². The van der Waals surface area contributed by atoms with Crippen molar-refractivity contribution in [3.63, 3.8) is 0 Å². The fourth-order valence-electron chi connectivity index (χ4n) is 2.63. The molecule has 0 saturated carbocycles. The lowest BCUT2D eigenvalue weighted by molar-refractivity contribution is 0.0428. The molecule has 0 fully saturated rings. The molecule has 4 rings (SSSR count). The molecule has 8 heteroatoms. The van der Waals surface area contributed by atoms with Gasteiger partial charge in [0.05, 0.1) is 0 Å². The highest BCUT2D eigenvalue weighted by atomic mass is 35.5. The van der Waals surface area contributed by atoms with Gasteiger partial charge >= 0.3 is 5.97 Å². The SMILES string of the molecule is Cc1onc(-c2ccccc2)c1C(=O)OCc1nc(-c2ccc(Cl)cc2)no1. The van der Waals surface area contributed by atoms with Gasteiger partial charge in [-0.3, -0.25) is 0 Å². The van der Waals surface area contributed by atoms with Crippen molar-refractivity contribution in [1.82, 2.24) is 15.3 Å². The van der Waals surface area contributed by atoms with Crippen molar-refractivity contribution in [2.45, 2.75) is 13.5 Å². The van der Waals surface area contributed by atoms with Crippen LogP contribution in [0.15, 0.2) is 63.6 Å². The first-order valence-corrected chi connectivity index (χ1v) is 8.77. The topological polar surface area (TPSA) is 91.2 Å². The Morgan fingerprint density at radius 1 is 1.00 bits per heavy atom. The van der Waals surface area contributed by atoms with Gasteiger partial charge in [-0.15, -0.1) is 0 Å². The van der Waals surface area contributed by atoms with Crippen molar-refractivity contribution in [1.29, 1.82) is 0 Å². The van der Waals surface area contributed by atoms with Crippen molar-refractivity contribution in [3.8, 4) is 22.6 Å². The van der Waals surface area contributed by atoms with Crippen molar-refractivity contribution in [2.75, 3.05) is 0 Å². The van der Waals surface area contributed by atoms with E-state index in [9.17, 15) is 4.79 Å². The molecule has 2 aromatic carbocycles.